The van der Waals surface area contributed by atoms with Gasteiger partial charge in [0.2, 0.25) is 5.91 Å². The van der Waals surface area contributed by atoms with E-state index in [9.17, 15) is 18.0 Å². The first-order chi connectivity index (χ1) is 21.1. The fourth-order valence-corrected chi connectivity index (χ4v) is 4.99. The van der Waals surface area contributed by atoms with E-state index in [2.05, 4.69) is 15.3 Å². The number of hydrogen-bond acceptors (Lipinski definition) is 8. The minimum absolute atomic E-state index is 0.0146. The smallest absolute Gasteiger partial charge is 0.419 e. The molecule has 0 aliphatic carbocycles. The van der Waals surface area contributed by atoms with Crippen molar-refractivity contribution >= 4 is 23.3 Å². The number of nitrogen functional groups attached to an aromatic ring is 1. The van der Waals surface area contributed by atoms with E-state index in [1.807, 2.05) is 0 Å². The van der Waals surface area contributed by atoms with E-state index < -0.39 is 11.7 Å². The number of nitrogens with one attached hydrogen (secondary N) is 2. The largest absolute Gasteiger partial charge is 0.488 e. The van der Waals surface area contributed by atoms with Gasteiger partial charge in [0.15, 0.2) is 0 Å². The zero-order valence-corrected chi connectivity index (χ0v) is 23.9. The number of aromatic nitrogens is 2. The maximum atomic E-state index is 13.3. The zero-order chi connectivity index (χ0) is 31.3. The van der Waals surface area contributed by atoms with Crippen molar-refractivity contribution in [2.45, 2.75) is 38.6 Å². The highest BCUT2D eigenvalue weighted by Crippen LogP contribution is 2.36. The van der Waals surface area contributed by atoms with Gasteiger partial charge in [0.05, 0.1) is 16.8 Å². The highest BCUT2D eigenvalue weighted by molar-refractivity contribution is 6.16. The van der Waals surface area contributed by atoms with Crippen molar-refractivity contribution in [1.29, 1.82) is 5.41 Å². The fraction of sp³-hybridized carbons (Fsp3) is 0.250. The third-order valence-corrected chi connectivity index (χ3v) is 7.20. The van der Waals surface area contributed by atoms with Crippen LogP contribution in [0, 0.1) is 5.41 Å². The molecule has 2 heterocycles. The Morgan fingerprint density at radius 2 is 1.84 bits per heavy atom. The minimum atomic E-state index is -4.52. The average molecular weight is 605 g/mol. The highest BCUT2D eigenvalue weighted by atomic mass is 19.4. The third-order valence-electron chi connectivity index (χ3n) is 7.20. The SMILES string of the molecule is CC(=O)N1CCCC(Nc2ncnc(N)c2C(=N)c2ccc(Oc3cccc(COc4ccccc4C(F)(F)F)c3)cc2)C1. The fourth-order valence-electron chi connectivity index (χ4n) is 4.99. The van der Waals surface area contributed by atoms with Gasteiger partial charge in [0, 0.05) is 31.6 Å². The average Bonchev–Trinajstić information content (AvgIpc) is 3.00. The van der Waals surface area contributed by atoms with Crippen molar-refractivity contribution in [1.82, 2.24) is 14.9 Å². The standard InChI is InChI=1S/C32H31F3N6O3/c1-20(42)41-15-5-7-23(17-41)40-31-28(30(37)38-19-39-31)29(36)22-11-13-24(14-12-22)44-25-8-4-6-21(16-25)18-43-27-10-3-2-9-26(27)32(33,34)35/h2-4,6,8-14,16,19,23,36H,5,7,15,17-18H2,1H3,(H3,37,38,39,40). The van der Waals surface area contributed by atoms with Crippen LogP contribution in [0.5, 0.6) is 17.2 Å². The molecule has 4 aromatic rings. The number of carbonyl (C=O) groups is 1. The van der Waals surface area contributed by atoms with Crippen LogP contribution in [-0.2, 0) is 17.6 Å². The van der Waals surface area contributed by atoms with Gasteiger partial charge in [-0.1, -0.05) is 24.3 Å². The number of likely N-dealkylation sites (tertiary alicyclic amines) is 1. The number of nitrogens with zero attached hydrogens (tertiary/aromatic N) is 3. The number of amides is 1. The van der Waals surface area contributed by atoms with Crippen LogP contribution in [0.15, 0.2) is 79.1 Å². The number of para-hydroxylation sites is 1. The Morgan fingerprint density at radius 3 is 2.59 bits per heavy atom. The van der Waals surface area contributed by atoms with Gasteiger partial charge in [-0.15, -0.1) is 0 Å². The second-order valence-corrected chi connectivity index (χ2v) is 10.4. The molecule has 1 fully saturated rings. The predicted octanol–water partition coefficient (Wildman–Crippen LogP) is 6.29. The molecule has 5 rings (SSSR count). The van der Waals surface area contributed by atoms with Gasteiger partial charge in [-0.25, -0.2) is 9.97 Å². The molecule has 0 radical (unpaired) electrons. The van der Waals surface area contributed by atoms with E-state index >= 15 is 0 Å². The van der Waals surface area contributed by atoms with Crippen molar-refractivity contribution in [3.05, 3.63) is 101 Å². The molecule has 9 nitrogen and oxygen atoms in total. The molecule has 1 aliphatic heterocycles. The van der Waals surface area contributed by atoms with Gasteiger partial charge >= 0.3 is 6.18 Å². The molecule has 1 unspecified atom stereocenters. The quantitative estimate of drug-likeness (QED) is 0.192. The summed E-state index contributed by atoms with van der Waals surface area (Å²) in [5.74, 6) is 1.31. The van der Waals surface area contributed by atoms with Crippen molar-refractivity contribution in [2.24, 2.45) is 0 Å². The molecule has 228 valence electrons. The summed E-state index contributed by atoms with van der Waals surface area (Å²) in [6.07, 6.45) is -1.48. The molecule has 1 aromatic heterocycles. The number of piperidine rings is 1. The van der Waals surface area contributed by atoms with Crippen LogP contribution in [0.1, 0.15) is 42.0 Å². The lowest BCUT2D eigenvalue weighted by Crippen LogP contribution is -2.44. The van der Waals surface area contributed by atoms with Gasteiger partial charge in [-0.2, -0.15) is 13.2 Å². The highest BCUT2D eigenvalue weighted by Gasteiger charge is 2.34. The summed E-state index contributed by atoms with van der Waals surface area (Å²) >= 11 is 0. The Hall–Kier alpha value is -5.13. The predicted molar refractivity (Wildman–Crippen MR) is 160 cm³/mol. The monoisotopic (exact) mass is 604 g/mol. The molecular formula is C32H31F3N6O3. The Morgan fingerprint density at radius 1 is 1.07 bits per heavy atom. The summed E-state index contributed by atoms with van der Waals surface area (Å²) in [4.78, 5) is 22.1. The number of carbonyl (C=O) groups excluding carboxylic acids is 1. The number of anilines is 2. The number of halogens is 3. The third kappa shape index (κ3) is 7.25. The van der Waals surface area contributed by atoms with Crippen molar-refractivity contribution in [3.63, 3.8) is 0 Å². The van der Waals surface area contributed by atoms with E-state index in [1.54, 1.807) is 60.4 Å². The summed E-state index contributed by atoms with van der Waals surface area (Å²) < 4.78 is 51.3. The Kier molecular flexibility index (Phi) is 8.98. The summed E-state index contributed by atoms with van der Waals surface area (Å²) in [6, 6.07) is 18.7. The minimum Gasteiger partial charge on any atom is -0.488 e. The van der Waals surface area contributed by atoms with E-state index in [-0.39, 0.29) is 35.8 Å². The van der Waals surface area contributed by atoms with Crippen molar-refractivity contribution < 1.29 is 27.4 Å². The lowest BCUT2D eigenvalue weighted by molar-refractivity contribution is -0.139. The number of hydrogen-bond donors (Lipinski definition) is 3. The molecule has 0 saturated carbocycles. The summed E-state index contributed by atoms with van der Waals surface area (Å²) in [5, 5.41) is 12.2. The lowest BCUT2D eigenvalue weighted by Gasteiger charge is -2.33. The van der Waals surface area contributed by atoms with Crippen LogP contribution in [0.3, 0.4) is 0 Å². The maximum absolute atomic E-state index is 13.3. The first kappa shape index (κ1) is 30.3. The molecule has 0 spiro atoms. The summed E-state index contributed by atoms with van der Waals surface area (Å²) in [7, 11) is 0. The molecule has 12 heteroatoms. The number of nitrogens with two attached hydrogens (primary N) is 1. The summed E-state index contributed by atoms with van der Waals surface area (Å²) in [5.41, 5.74) is 7.02. The Bertz CT molecular complexity index is 1650. The second kappa shape index (κ2) is 13.0. The molecule has 4 N–H and O–H groups in total. The van der Waals surface area contributed by atoms with Gasteiger partial charge in [0.1, 0.15) is 41.8 Å². The lowest BCUT2D eigenvalue weighted by atomic mass is 10.0. The van der Waals surface area contributed by atoms with Crippen LogP contribution in [-0.4, -0.2) is 45.6 Å². The van der Waals surface area contributed by atoms with Crippen molar-refractivity contribution in [2.75, 3.05) is 24.1 Å². The Balaban J connectivity index is 1.26. The molecule has 1 amide bonds. The number of ether oxygens (including phenoxy) is 2. The molecule has 44 heavy (non-hydrogen) atoms. The molecule has 1 atom stereocenters. The first-order valence-corrected chi connectivity index (χ1v) is 14.0. The molecule has 1 aliphatic rings. The van der Waals surface area contributed by atoms with Gasteiger partial charge in [-0.05, 0) is 66.9 Å². The van der Waals surface area contributed by atoms with Gasteiger partial charge < -0.3 is 25.4 Å². The van der Waals surface area contributed by atoms with Crippen LogP contribution in [0.2, 0.25) is 0 Å². The number of benzene rings is 3. The molecular weight excluding hydrogens is 573 g/mol. The first-order valence-electron chi connectivity index (χ1n) is 14.0. The van der Waals surface area contributed by atoms with Crippen LogP contribution >= 0.6 is 0 Å². The molecule has 3 aromatic carbocycles. The number of rotatable bonds is 9. The topological polar surface area (TPSA) is 126 Å². The van der Waals surface area contributed by atoms with Gasteiger partial charge in [0.25, 0.3) is 0 Å². The van der Waals surface area contributed by atoms with Crippen LogP contribution in [0.4, 0.5) is 24.8 Å². The second-order valence-electron chi connectivity index (χ2n) is 10.4. The summed E-state index contributed by atoms with van der Waals surface area (Å²) in [6.45, 7) is 2.72. The van der Waals surface area contributed by atoms with Gasteiger partial charge in [-0.3, -0.25) is 10.2 Å². The maximum Gasteiger partial charge on any atom is 0.419 e. The van der Waals surface area contributed by atoms with E-state index in [0.717, 1.165) is 18.9 Å². The number of alkyl halides is 3. The van der Waals surface area contributed by atoms with E-state index in [1.165, 1.54) is 24.5 Å². The molecule has 1 saturated heterocycles. The Labute approximate surface area is 252 Å². The van der Waals surface area contributed by atoms with Crippen LogP contribution < -0.4 is 20.5 Å². The van der Waals surface area contributed by atoms with Crippen LogP contribution in [0.25, 0.3) is 0 Å². The van der Waals surface area contributed by atoms with E-state index in [4.69, 9.17) is 20.6 Å². The van der Waals surface area contributed by atoms with E-state index in [0.29, 0.717) is 47.1 Å². The van der Waals surface area contributed by atoms with Crippen molar-refractivity contribution in [3.8, 4) is 17.2 Å². The zero-order valence-electron chi connectivity index (χ0n) is 23.9. The molecule has 0 bridgehead atoms. The normalized spacial score (nSPS) is 15.0.